The Morgan fingerprint density at radius 1 is 1.05 bits per heavy atom. The fourth-order valence-electron chi connectivity index (χ4n) is 1.77. The van der Waals surface area contributed by atoms with Crippen molar-refractivity contribution in [2.45, 2.75) is 17.4 Å². The summed E-state index contributed by atoms with van der Waals surface area (Å²) in [6.45, 7) is 0.466. The summed E-state index contributed by atoms with van der Waals surface area (Å²) < 4.78 is 10.7. The molecular formula is C18H20O3S. The summed E-state index contributed by atoms with van der Waals surface area (Å²) in [5.74, 6) is 1.57. The van der Waals surface area contributed by atoms with Gasteiger partial charge in [0.1, 0.15) is 11.5 Å². The zero-order valence-electron chi connectivity index (χ0n) is 12.5. The minimum absolute atomic E-state index is 0.466. The molecule has 0 aromatic heterocycles. The average Bonchev–Trinajstić information content (AvgIpc) is 2.56. The van der Waals surface area contributed by atoms with Gasteiger partial charge >= 0.3 is 0 Å². The van der Waals surface area contributed by atoms with Crippen molar-refractivity contribution >= 4 is 11.8 Å². The number of benzene rings is 2. The van der Waals surface area contributed by atoms with E-state index in [-0.39, 0.29) is 0 Å². The first-order chi connectivity index (χ1) is 10.8. The Bertz CT molecular complexity index is 567. The molecule has 116 valence electrons. The van der Waals surface area contributed by atoms with E-state index in [0.29, 0.717) is 13.0 Å². The first kappa shape index (κ1) is 16.5. The summed E-state index contributed by atoms with van der Waals surface area (Å²) >= 11 is 1.59. The third kappa shape index (κ3) is 5.84. The minimum atomic E-state index is -0.505. The molecule has 0 unspecified atom stereocenters. The summed E-state index contributed by atoms with van der Waals surface area (Å²) in [5.41, 5.74) is 0. The van der Waals surface area contributed by atoms with Gasteiger partial charge in [-0.05, 0) is 47.9 Å². The lowest BCUT2D eigenvalue weighted by atomic mass is 10.2. The number of thioether (sulfide) groups is 1. The molecule has 1 N–H and O–H groups in total. The number of ether oxygens (including phenoxy) is 2. The second-order valence-electron chi connectivity index (χ2n) is 4.64. The quantitative estimate of drug-likeness (QED) is 0.743. The molecule has 2 aromatic carbocycles. The van der Waals surface area contributed by atoms with Crippen molar-refractivity contribution in [1.29, 1.82) is 0 Å². The maximum absolute atomic E-state index is 9.89. The molecule has 0 spiro atoms. The summed E-state index contributed by atoms with van der Waals surface area (Å²) in [6.07, 6.45) is 1.84. The van der Waals surface area contributed by atoms with Crippen molar-refractivity contribution in [2.24, 2.45) is 0 Å². The van der Waals surface area contributed by atoms with Crippen LogP contribution in [0.1, 0.15) is 6.42 Å². The smallest absolute Gasteiger partial charge is 0.119 e. The standard InChI is InChI=1S/C18H20O3S/c1-20-16-7-9-17(10-8-16)21-13-11-15(19)12-14-22-18-5-3-2-4-6-18/h2-10,12,14-15,19H,11,13H2,1H3/b14-12+/t15-/m0/s1. The van der Waals surface area contributed by atoms with E-state index in [1.807, 2.05) is 60.0 Å². The fraction of sp³-hybridized carbons (Fsp3) is 0.222. The molecule has 0 bridgehead atoms. The highest BCUT2D eigenvalue weighted by molar-refractivity contribution is 8.02. The molecule has 0 fully saturated rings. The Kier molecular flexibility index (Phi) is 6.87. The Morgan fingerprint density at radius 3 is 2.41 bits per heavy atom. The van der Waals surface area contributed by atoms with Crippen LogP contribution in [0.3, 0.4) is 0 Å². The molecule has 0 aliphatic heterocycles. The lowest BCUT2D eigenvalue weighted by Crippen LogP contribution is -2.08. The molecule has 0 amide bonds. The Balaban J connectivity index is 1.67. The van der Waals surface area contributed by atoms with Crippen molar-refractivity contribution in [1.82, 2.24) is 0 Å². The van der Waals surface area contributed by atoms with Crippen LogP contribution in [0.5, 0.6) is 11.5 Å². The monoisotopic (exact) mass is 316 g/mol. The topological polar surface area (TPSA) is 38.7 Å². The molecule has 0 saturated carbocycles. The van der Waals surface area contributed by atoms with Crippen LogP contribution in [-0.4, -0.2) is 24.9 Å². The van der Waals surface area contributed by atoms with Gasteiger partial charge in [0.2, 0.25) is 0 Å². The second-order valence-corrected chi connectivity index (χ2v) is 5.62. The molecule has 3 nitrogen and oxygen atoms in total. The van der Waals surface area contributed by atoms with Crippen LogP contribution in [0.2, 0.25) is 0 Å². The lowest BCUT2D eigenvalue weighted by molar-refractivity contribution is 0.178. The van der Waals surface area contributed by atoms with Gasteiger partial charge in [0.25, 0.3) is 0 Å². The molecule has 2 aromatic rings. The molecule has 22 heavy (non-hydrogen) atoms. The van der Waals surface area contributed by atoms with E-state index in [4.69, 9.17) is 9.47 Å². The average molecular weight is 316 g/mol. The highest BCUT2D eigenvalue weighted by Crippen LogP contribution is 2.19. The molecule has 0 aliphatic carbocycles. The van der Waals surface area contributed by atoms with Crippen molar-refractivity contribution in [3.8, 4) is 11.5 Å². The predicted octanol–water partition coefficient (Wildman–Crippen LogP) is 4.13. The van der Waals surface area contributed by atoms with Crippen LogP contribution in [0.4, 0.5) is 0 Å². The zero-order valence-corrected chi connectivity index (χ0v) is 13.3. The van der Waals surface area contributed by atoms with Crippen LogP contribution >= 0.6 is 11.8 Å². The van der Waals surface area contributed by atoms with Crippen molar-refractivity contribution < 1.29 is 14.6 Å². The van der Waals surface area contributed by atoms with Gasteiger partial charge in [-0.3, -0.25) is 0 Å². The van der Waals surface area contributed by atoms with Gasteiger partial charge in [0, 0.05) is 11.3 Å². The Labute approximate surface area is 135 Å². The normalized spacial score (nSPS) is 12.3. The maximum atomic E-state index is 9.89. The predicted molar refractivity (Wildman–Crippen MR) is 90.6 cm³/mol. The van der Waals surface area contributed by atoms with Gasteiger partial charge in [0.15, 0.2) is 0 Å². The van der Waals surface area contributed by atoms with Crippen molar-refractivity contribution in [3.05, 3.63) is 66.1 Å². The van der Waals surface area contributed by atoms with Gasteiger partial charge < -0.3 is 14.6 Å². The lowest BCUT2D eigenvalue weighted by Gasteiger charge is -2.09. The maximum Gasteiger partial charge on any atom is 0.119 e. The molecular weight excluding hydrogens is 296 g/mol. The van der Waals surface area contributed by atoms with Crippen LogP contribution in [0, 0.1) is 0 Å². The molecule has 1 atom stereocenters. The van der Waals surface area contributed by atoms with Gasteiger partial charge in [-0.2, -0.15) is 0 Å². The van der Waals surface area contributed by atoms with Gasteiger partial charge in [-0.1, -0.05) is 30.0 Å². The highest BCUT2D eigenvalue weighted by atomic mass is 32.2. The zero-order chi connectivity index (χ0) is 15.6. The second kappa shape index (κ2) is 9.18. The van der Waals surface area contributed by atoms with E-state index < -0.39 is 6.10 Å². The van der Waals surface area contributed by atoms with E-state index in [1.54, 1.807) is 24.9 Å². The highest BCUT2D eigenvalue weighted by Gasteiger charge is 2.01. The number of aliphatic hydroxyl groups excluding tert-OH is 1. The summed E-state index contributed by atoms with van der Waals surface area (Å²) in [4.78, 5) is 1.15. The molecule has 0 heterocycles. The van der Waals surface area contributed by atoms with Crippen molar-refractivity contribution in [3.63, 3.8) is 0 Å². The Hall–Kier alpha value is -1.91. The van der Waals surface area contributed by atoms with Crippen molar-refractivity contribution in [2.75, 3.05) is 13.7 Å². The van der Waals surface area contributed by atoms with Crippen LogP contribution < -0.4 is 9.47 Å². The van der Waals surface area contributed by atoms with Crippen LogP contribution in [0.15, 0.2) is 71.0 Å². The number of hydrogen-bond donors (Lipinski definition) is 1. The number of methoxy groups -OCH3 is 1. The molecule has 2 rings (SSSR count). The summed E-state index contributed by atoms with van der Waals surface area (Å²) in [6, 6.07) is 17.5. The fourth-order valence-corrected chi connectivity index (χ4v) is 2.50. The van der Waals surface area contributed by atoms with Crippen LogP contribution in [0.25, 0.3) is 0 Å². The number of aliphatic hydroxyl groups is 1. The van der Waals surface area contributed by atoms with Gasteiger partial charge in [-0.15, -0.1) is 0 Å². The molecule has 0 radical (unpaired) electrons. The van der Waals surface area contributed by atoms with E-state index in [0.717, 1.165) is 16.4 Å². The van der Waals surface area contributed by atoms with E-state index in [2.05, 4.69) is 0 Å². The third-order valence-corrected chi connectivity index (χ3v) is 3.83. The molecule has 0 aliphatic rings. The minimum Gasteiger partial charge on any atom is -0.497 e. The number of rotatable bonds is 8. The van der Waals surface area contributed by atoms with Crippen LogP contribution in [-0.2, 0) is 0 Å². The summed E-state index contributed by atoms with van der Waals surface area (Å²) in [5, 5.41) is 11.8. The number of hydrogen-bond acceptors (Lipinski definition) is 4. The van der Waals surface area contributed by atoms with E-state index >= 15 is 0 Å². The Morgan fingerprint density at radius 2 is 1.73 bits per heavy atom. The molecule has 0 saturated heterocycles. The first-order valence-corrected chi connectivity index (χ1v) is 7.99. The third-order valence-electron chi connectivity index (χ3n) is 2.99. The van der Waals surface area contributed by atoms with Gasteiger partial charge in [0.05, 0.1) is 19.8 Å². The van der Waals surface area contributed by atoms with Gasteiger partial charge in [-0.25, -0.2) is 0 Å². The van der Waals surface area contributed by atoms with E-state index in [9.17, 15) is 5.11 Å². The largest absolute Gasteiger partial charge is 0.497 e. The first-order valence-electron chi connectivity index (χ1n) is 7.11. The SMILES string of the molecule is COc1ccc(OCC[C@H](O)/C=C/Sc2ccccc2)cc1. The molecule has 4 heteroatoms. The van der Waals surface area contributed by atoms with E-state index in [1.165, 1.54) is 0 Å². The summed E-state index contributed by atoms with van der Waals surface area (Å²) in [7, 11) is 1.63.